The molecule has 16 heavy (non-hydrogen) atoms. The quantitative estimate of drug-likeness (QED) is 0.784. The van der Waals surface area contributed by atoms with E-state index >= 15 is 0 Å². The molecule has 0 aromatic carbocycles. The van der Waals surface area contributed by atoms with Gasteiger partial charge in [0.15, 0.2) is 0 Å². The largest absolute Gasteiger partial charge is 0.344 e. The average molecular weight is 237 g/mol. The van der Waals surface area contributed by atoms with Gasteiger partial charge in [-0.3, -0.25) is 4.90 Å². The number of nitrogens with zero attached hydrogens (tertiary/aromatic N) is 5. The lowest BCUT2D eigenvalue weighted by molar-refractivity contribution is 0.216. The Balaban J connectivity index is 1.90. The number of hydrogen-bond acceptors (Lipinski definition) is 6. The standard InChI is InChI=1S/C10H15N5S/c1-2-9(7-11)14-3-5-15(6-4-14)10-12-8-13-16-10/h8-9H,2-6H2,1H3. The Morgan fingerprint density at radius 2 is 2.25 bits per heavy atom. The van der Waals surface area contributed by atoms with E-state index in [2.05, 4.69) is 32.2 Å². The van der Waals surface area contributed by atoms with E-state index in [4.69, 9.17) is 5.26 Å². The first kappa shape index (κ1) is 11.3. The van der Waals surface area contributed by atoms with Gasteiger partial charge in [-0.2, -0.15) is 9.64 Å². The van der Waals surface area contributed by atoms with Gasteiger partial charge in [0.1, 0.15) is 6.33 Å². The summed E-state index contributed by atoms with van der Waals surface area (Å²) in [5.41, 5.74) is 0. The molecule has 1 fully saturated rings. The van der Waals surface area contributed by atoms with Gasteiger partial charge < -0.3 is 4.90 Å². The van der Waals surface area contributed by atoms with Gasteiger partial charge in [0, 0.05) is 37.7 Å². The number of piperazine rings is 1. The Hall–Kier alpha value is -1.19. The van der Waals surface area contributed by atoms with Gasteiger partial charge in [0.25, 0.3) is 0 Å². The maximum absolute atomic E-state index is 9.00. The molecule has 0 saturated carbocycles. The molecule has 1 aromatic rings. The van der Waals surface area contributed by atoms with E-state index < -0.39 is 0 Å². The molecule has 2 heterocycles. The van der Waals surface area contributed by atoms with Crippen molar-refractivity contribution in [3.8, 4) is 6.07 Å². The summed E-state index contributed by atoms with van der Waals surface area (Å²) in [7, 11) is 0. The fourth-order valence-corrected chi connectivity index (χ4v) is 2.54. The fraction of sp³-hybridized carbons (Fsp3) is 0.700. The maximum atomic E-state index is 9.00. The molecule has 1 aliphatic heterocycles. The lowest BCUT2D eigenvalue weighted by Gasteiger charge is -2.36. The first-order valence-corrected chi connectivity index (χ1v) is 6.27. The van der Waals surface area contributed by atoms with Gasteiger partial charge in [0.05, 0.1) is 12.1 Å². The van der Waals surface area contributed by atoms with Crippen LogP contribution in [0.2, 0.25) is 0 Å². The van der Waals surface area contributed by atoms with E-state index in [9.17, 15) is 0 Å². The molecule has 0 amide bonds. The molecule has 6 heteroatoms. The van der Waals surface area contributed by atoms with E-state index in [1.165, 1.54) is 11.5 Å². The van der Waals surface area contributed by atoms with Crippen LogP contribution in [0.3, 0.4) is 0 Å². The van der Waals surface area contributed by atoms with Crippen molar-refractivity contribution in [1.82, 2.24) is 14.3 Å². The summed E-state index contributed by atoms with van der Waals surface area (Å²) in [5, 5.41) is 9.99. The molecule has 0 radical (unpaired) electrons. The Bertz CT molecular complexity index is 350. The third-order valence-corrected chi connectivity index (χ3v) is 3.64. The maximum Gasteiger partial charge on any atom is 0.205 e. The first-order chi connectivity index (χ1) is 7.85. The van der Waals surface area contributed by atoms with Crippen LogP contribution in [0.25, 0.3) is 0 Å². The SMILES string of the molecule is CCC(C#N)N1CCN(c2ncns2)CC1. The van der Waals surface area contributed by atoms with Gasteiger partial charge >= 0.3 is 0 Å². The second-order valence-corrected chi connectivity index (χ2v) is 4.56. The van der Waals surface area contributed by atoms with Crippen LogP contribution in [-0.4, -0.2) is 46.5 Å². The molecule has 0 N–H and O–H groups in total. The molecule has 1 aliphatic rings. The topological polar surface area (TPSA) is 56.1 Å². The number of hydrogen-bond donors (Lipinski definition) is 0. The Kier molecular flexibility index (Phi) is 3.70. The van der Waals surface area contributed by atoms with Crippen molar-refractivity contribution in [1.29, 1.82) is 5.26 Å². The molecule has 1 saturated heterocycles. The number of aromatic nitrogens is 2. The van der Waals surface area contributed by atoms with Crippen molar-refractivity contribution in [2.45, 2.75) is 19.4 Å². The van der Waals surface area contributed by atoms with Crippen LogP contribution < -0.4 is 4.90 Å². The molecule has 0 aliphatic carbocycles. The van der Waals surface area contributed by atoms with Crippen LogP contribution in [0.15, 0.2) is 6.33 Å². The van der Waals surface area contributed by atoms with Gasteiger partial charge in [-0.1, -0.05) is 6.92 Å². The van der Waals surface area contributed by atoms with Crippen molar-refractivity contribution in [3.63, 3.8) is 0 Å². The van der Waals surface area contributed by atoms with E-state index in [1.807, 2.05) is 0 Å². The van der Waals surface area contributed by atoms with Crippen molar-refractivity contribution in [3.05, 3.63) is 6.33 Å². The van der Waals surface area contributed by atoms with Crippen molar-refractivity contribution >= 4 is 16.7 Å². The van der Waals surface area contributed by atoms with Crippen LogP contribution in [0.5, 0.6) is 0 Å². The third-order valence-electron chi connectivity index (χ3n) is 2.91. The minimum atomic E-state index is 0.0663. The molecule has 5 nitrogen and oxygen atoms in total. The predicted octanol–water partition coefficient (Wildman–Crippen LogP) is 0.962. The average Bonchev–Trinajstić information content (AvgIpc) is 2.85. The highest BCUT2D eigenvalue weighted by atomic mass is 32.1. The summed E-state index contributed by atoms with van der Waals surface area (Å²) < 4.78 is 4.01. The van der Waals surface area contributed by atoms with Crippen molar-refractivity contribution in [2.24, 2.45) is 0 Å². The zero-order valence-corrected chi connectivity index (χ0v) is 10.2. The second kappa shape index (κ2) is 5.23. The summed E-state index contributed by atoms with van der Waals surface area (Å²) in [5.74, 6) is 0. The molecular weight excluding hydrogens is 222 g/mol. The molecule has 0 bridgehead atoms. The highest BCUT2D eigenvalue weighted by Crippen LogP contribution is 2.17. The van der Waals surface area contributed by atoms with Crippen LogP contribution in [0.4, 0.5) is 5.13 Å². The van der Waals surface area contributed by atoms with E-state index in [0.717, 1.165) is 37.7 Å². The highest BCUT2D eigenvalue weighted by molar-refractivity contribution is 7.09. The number of rotatable bonds is 3. The molecule has 1 unspecified atom stereocenters. The van der Waals surface area contributed by atoms with Crippen LogP contribution in [0.1, 0.15) is 13.3 Å². The normalized spacial score (nSPS) is 19.4. The lowest BCUT2D eigenvalue weighted by Crippen LogP contribution is -2.49. The zero-order chi connectivity index (χ0) is 11.4. The van der Waals surface area contributed by atoms with Crippen LogP contribution in [0, 0.1) is 11.3 Å². The van der Waals surface area contributed by atoms with Crippen LogP contribution >= 0.6 is 11.5 Å². The van der Waals surface area contributed by atoms with Gasteiger partial charge in [-0.05, 0) is 6.42 Å². The summed E-state index contributed by atoms with van der Waals surface area (Å²) in [6.45, 7) is 5.81. The Labute approximate surface area is 99.5 Å². The summed E-state index contributed by atoms with van der Waals surface area (Å²) in [6, 6.07) is 2.42. The summed E-state index contributed by atoms with van der Waals surface area (Å²) in [6.07, 6.45) is 2.49. The minimum Gasteiger partial charge on any atom is -0.344 e. The van der Waals surface area contributed by atoms with E-state index in [0.29, 0.717) is 0 Å². The molecule has 86 valence electrons. The summed E-state index contributed by atoms with van der Waals surface area (Å²) in [4.78, 5) is 8.68. The smallest absolute Gasteiger partial charge is 0.205 e. The van der Waals surface area contributed by atoms with Crippen molar-refractivity contribution < 1.29 is 0 Å². The molecule has 0 spiro atoms. The first-order valence-electron chi connectivity index (χ1n) is 5.50. The van der Waals surface area contributed by atoms with Crippen LogP contribution in [-0.2, 0) is 0 Å². The molecule has 1 aromatic heterocycles. The lowest BCUT2D eigenvalue weighted by atomic mass is 10.2. The Morgan fingerprint density at radius 1 is 1.50 bits per heavy atom. The molecular formula is C10H15N5S. The van der Waals surface area contributed by atoms with E-state index in [-0.39, 0.29) is 6.04 Å². The predicted molar refractivity (Wildman–Crippen MR) is 63.4 cm³/mol. The van der Waals surface area contributed by atoms with E-state index in [1.54, 1.807) is 6.33 Å². The monoisotopic (exact) mass is 237 g/mol. The van der Waals surface area contributed by atoms with Crippen molar-refractivity contribution in [2.75, 3.05) is 31.1 Å². The minimum absolute atomic E-state index is 0.0663. The Morgan fingerprint density at radius 3 is 2.75 bits per heavy atom. The zero-order valence-electron chi connectivity index (χ0n) is 9.33. The fourth-order valence-electron chi connectivity index (χ4n) is 1.96. The highest BCUT2D eigenvalue weighted by Gasteiger charge is 2.23. The van der Waals surface area contributed by atoms with Gasteiger partial charge in [0.2, 0.25) is 5.13 Å². The molecule has 1 atom stereocenters. The van der Waals surface area contributed by atoms with Gasteiger partial charge in [-0.25, -0.2) is 4.98 Å². The number of anilines is 1. The number of nitriles is 1. The molecule has 2 rings (SSSR count). The third kappa shape index (κ3) is 2.31. The second-order valence-electron chi connectivity index (χ2n) is 3.80. The van der Waals surface area contributed by atoms with Gasteiger partial charge in [-0.15, -0.1) is 0 Å². The summed E-state index contributed by atoms with van der Waals surface area (Å²) >= 11 is 1.43.